The Morgan fingerprint density at radius 1 is 1.14 bits per heavy atom. The third-order valence-electron chi connectivity index (χ3n) is 3.92. The van der Waals surface area contributed by atoms with E-state index in [0.717, 1.165) is 44.2 Å². The molecule has 22 heavy (non-hydrogen) atoms. The van der Waals surface area contributed by atoms with Crippen molar-refractivity contribution in [1.29, 1.82) is 0 Å². The Hall–Kier alpha value is -2.48. The molecular formula is C14H16N4O4. The molecule has 8 heteroatoms. The van der Waals surface area contributed by atoms with Gasteiger partial charge in [-0.25, -0.2) is 0 Å². The minimum atomic E-state index is -0.428. The summed E-state index contributed by atoms with van der Waals surface area (Å²) >= 11 is 0. The van der Waals surface area contributed by atoms with Crippen LogP contribution in [0.15, 0.2) is 28.9 Å². The van der Waals surface area contributed by atoms with Crippen molar-refractivity contribution in [2.75, 3.05) is 38.0 Å². The van der Waals surface area contributed by atoms with Crippen molar-refractivity contribution in [3.63, 3.8) is 0 Å². The van der Waals surface area contributed by atoms with Crippen molar-refractivity contribution in [2.24, 2.45) is 0 Å². The van der Waals surface area contributed by atoms with E-state index in [1.807, 2.05) is 17.1 Å². The van der Waals surface area contributed by atoms with E-state index in [1.54, 1.807) is 0 Å². The van der Waals surface area contributed by atoms with Crippen LogP contribution in [0.1, 0.15) is 5.56 Å². The van der Waals surface area contributed by atoms with Crippen LogP contribution in [-0.4, -0.2) is 43.1 Å². The minimum absolute atomic E-state index is 0.300. The number of fused-ring (bicyclic) bond motifs is 1. The lowest BCUT2D eigenvalue weighted by Crippen LogP contribution is -2.65. The van der Waals surface area contributed by atoms with E-state index in [9.17, 15) is 5.11 Å². The van der Waals surface area contributed by atoms with Gasteiger partial charge in [0.15, 0.2) is 17.4 Å². The number of aromatic nitrogens is 2. The number of nitrogens with zero attached hydrogens (tertiary/aromatic N) is 4. The van der Waals surface area contributed by atoms with Crippen molar-refractivity contribution >= 4 is 0 Å². The molecule has 0 saturated carbocycles. The fourth-order valence-electron chi connectivity index (χ4n) is 2.75. The summed E-state index contributed by atoms with van der Waals surface area (Å²) in [6.45, 7) is 4.53. The first-order valence-electron chi connectivity index (χ1n) is 7.20. The topological polar surface area (TPSA) is 77.9 Å². The monoisotopic (exact) mass is 304 g/mol. The first-order chi connectivity index (χ1) is 10.8. The predicted molar refractivity (Wildman–Crippen MR) is 71.9 cm³/mol. The number of benzene rings is 1. The first kappa shape index (κ1) is 13.2. The molecule has 4 rings (SSSR count). The normalized spacial score (nSPS) is 17.9. The molecule has 2 aliphatic heterocycles. The van der Waals surface area contributed by atoms with Crippen LogP contribution in [0.4, 0.5) is 0 Å². The number of piperazine rings is 1. The number of hydrogen-bond donors (Lipinski definition) is 0. The lowest BCUT2D eigenvalue weighted by molar-refractivity contribution is -0.759. The Balaban J connectivity index is 1.36. The zero-order valence-electron chi connectivity index (χ0n) is 12.0. The van der Waals surface area contributed by atoms with Crippen LogP contribution in [0.5, 0.6) is 17.4 Å². The van der Waals surface area contributed by atoms with E-state index in [2.05, 4.69) is 20.8 Å². The van der Waals surface area contributed by atoms with Crippen molar-refractivity contribution in [1.82, 2.24) is 10.2 Å². The summed E-state index contributed by atoms with van der Waals surface area (Å²) in [6, 6.07) is 6.05. The molecule has 116 valence electrons. The molecule has 0 amide bonds. The largest absolute Gasteiger partial charge is 0.539 e. The van der Waals surface area contributed by atoms with Gasteiger partial charge in [-0.2, -0.15) is 5.01 Å². The first-order valence-corrected chi connectivity index (χ1v) is 7.20. The Bertz CT molecular complexity index is 667. The highest BCUT2D eigenvalue weighted by molar-refractivity contribution is 5.44. The molecule has 0 bridgehead atoms. The summed E-state index contributed by atoms with van der Waals surface area (Å²) in [7, 11) is 0. The number of rotatable bonds is 3. The molecular weight excluding hydrogens is 288 g/mol. The summed E-state index contributed by atoms with van der Waals surface area (Å²) in [5.41, 5.74) is 1.20. The summed E-state index contributed by atoms with van der Waals surface area (Å²) in [5.74, 6) is 1.20. The maximum absolute atomic E-state index is 11.0. The molecule has 0 N–H and O–H groups in total. The van der Waals surface area contributed by atoms with E-state index in [4.69, 9.17) is 9.47 Å². The van der Waals surface area contributed by atoms with Gasteiger partial charge in [0.1, 0.15) is 5.27 Å². The van der Waals surface area contributed by atoms with Crippen LogP contribution in [0, 0.1) is 0 Å². The van der Waals surface area contributed by atoms with Crippen LogP contribution in [0.25, 0.3) is 0 Å². The van der Waals surface area contributed by atoms with Crippen molar-refractivity contribution < 1.29 is 23.9 Å². The highest BCUT2D eigenvalue weighted by atomic mass is 16.7. The van der Waals surface area contributed by atoms with Gasteiger partial charge in [0.25, 0.3) is 6.20 Å². The molecule has 8 nitrogen and oxygen atoms in total. The average Bonchev–Trinajstić information content (AvgIpc) is 3.16. The molecule has 0 radical (unpaired) electrons. The zero-order valence-corrected chi connectivity index (χ0v) is 12.0. The second-order valence-electron chi connectivity index (χ2n) is 5.36. The average molecular weight is 304 g/mol. The Kier molecular flexibility index (Phi) is 3.23. The molecule has 1 saturated heterocycles. The van der Waals surface area contributed by atoms with Crippen LogP contribution in [0.3, 0.4) is 0 Å². The third kappa shape index (κ3) is 2.52. The van der Waals surface area contributed by atoms with Gasteiger partial charge in [0, 0.05) is 24.4 Å². The number of hydrogen-bond acceptors (Lipinski definition) is 7. The Morgan fingerprint density at radius 2 is 1.95 bits per heavy atom. The molecule has 3 heterocycles. The van der Waals surface area contributed by atoms with Gasteiger partial charge in [-0.3, -0.25) is 4.90 Å². The van der Waals surface area contributed by atoms with Gasteiger partial charge >= 0.3 is 0 Å². The van der Waals surface area contributed by atoms with Gasteiger partial charge in [-0.05, 0) is 17.7 Å². The SMILES string of the molecule is [O-]c1c[n+](N2CCN(Cc3ccc4c(c3)OCO4)CC2)no1. The van der Waals surface area contributed by atoms with Gasteiger partial charge < -0.3 is 19.1 Å². The lowest BCUT2D eigenvalue weighted by Gasteiger charge is -2.30. The van der Waals surface area contributed by atoms with E-state index >= 15 is 0 Å². The Morgan fingerprint density at radius 3 is 2.73 bits per heavy atom. The molecule has 0 atom stereocenters. The summed E-state index contributed by atoms with van der Waals surface area (Å²) in [4.78, 5) is 3.84. The summed E-state index contributed by atoms with van der Waals surface area (Å²) < 4.78 is 15.3. The fraction of sp³-hybridized carbons (Fsp3) is 0.429. The third-order valence-corrected chi connectivity index (χ3v) is 3.92. The van der Waals surface area contributed by atoms with Crippen molar-refractivity contribution in [2.45, 2.75) is 6.54 Å². The molecule has 0 unspecified atom stereocenters. The predicted octanol–water partition coefficient (Wildman–Crippen LogP) is -0.782. The quantitative estimate of drug-likeness (QED) is 0.688. The van der Waals surface area contributed by atoms with Gasteiger partial charge in [-0.1, -0.05) is 6.07 Å². The van der Waals surface area contributed by atoms with E-state index in [1.165, 1.54) is 16.6 Å². The number of ether oxygens (including phenoxy) is 2. The van der Waals surface area contributed by atoms with E-state index < -0.39 is 5.95 Å². The molecule has 2 aromatic rings. The highest BCUT2D eigenvalue weighted by Crippen LogP contribution is 2.32. The lowest BCUT2D eigenvalue weighted by atomic mass is 10.2. The van der Waals surface area contributed by atoms with Crippen LogP contribution >= 0.6 is 0 Å². The second-order valence-corrected chi connectivity index (χ2v) is 5.36. The smallest absolute Gasteiger partial charge is 0.255 e. The molecule has 0 aliphatic carbocycles. The zero-order chi connectivity index (χ0) is 14.9. The molecule has 1 aromatic heterocycles. The fourth-order valence-corrected chi connectivity index (χ4v) is 2.75. The van der Waals surface area contributed by atoms with Gasteiger partial charge in [0.05, 0.1) is 13.1 Å². The van der Waals surface area contributed by atoms with Crippen molar-refractivity contribution in [3.05, 3.63) is 30.0 Å². The molecule has 0 spiro atoms. The maximum Gasteiger partial charge on any atom is 0.255 e. The molecule has 1 fully saturated rings. The van der Waals surface area contributed by atoms with Crippen LogP contribution in [0.2, 0.25) is 0 Å². The molecule has 2 aliphatic rings. The van der Waals surface area contributed by atoms with Crippen LogP contribution in [-0.2, 0) is 6.54 Å². The standard InChI is InChI=1S/C14H16N4O4/c19-14-9-18(15-22-14)17-5-3-16(4-6-17)8-11-1-2-12-13(7-11)21-10-20-12/h1-2,7,9H,3-6,8,10H2. The highest BCUT2D eigenvalue weighted by Gasteiger charge is 2.24. The minimum Gasteiger partial charge on any atom is -0.539 e. The van der Waals surface area contributed by atoms with E-state index in [-0.39, 0.29) is 0 Å². The second kappa shape index (κ2) is 5.38. The van der Waals surface area contributed by atoms with Gasteiger partial charge in [-0.15, -0.1) is 0 Å². The van der Waals surface area contributed by atoms with E-state index in [0.29, 0.717) is 6.79 Å². The summed E-state index contributed by atoms with van der Waals surface area (Å²) in [5, 5.41) is 16.7. The molecule has 1 aromatic carbocycles. The maximum atomic E-state index is 11.0. The van der Waals surface area contributed by atoms with Gasteiger partial charge in [0.2, 0.25) is 6.79 Å². The van der Waals surface area contributed by atoms with Crippen molar-refractivity contribution in [3.8, 4) is 17.4 Å². The summed E-state index contributed by atoms with van der Waals surface area (Å²) in [6.07, 6.45) is 1.35. The van der Waals surface area contributed by atoms with Crippen LogP contribution < -0.4 is 24.4 Å². The Labute approximate surface area is 127 Å².